The van der Waals surface area contributed by atoms with E-state index < -0.39 is 5.97 Å². The third-order valence-corrected chi connectivity index (χ3v) is 4.30. The number of furan rings is 1. The number of rotatable bonds is 6. The zero-order valence-corrected chi connectivity index (χ0v) is 14.8. The molecule has 3 aromatic rings. The fourth-order valence-electron chi connectivity index (χ4n) is 2.26. The highest BCUT2D eigenvalue weighted by atomic mass is 32.2. The van der Waals surface area contributed by atoms with Gasteiger partial charge in [0, 0.05) is 0 Å². The predicted octanol–water partition coefficient (Wildman–Crippen LogP) is 3.73. The highest BCUT2D eigenvalue weighted by Crippen LogP contribution is 2.31. The molecule has 0 atom stereocenters. The van der Waals surface area contributed by atoms with Crippen molar-refractivity contribution in [1.82, 2.24) is 10.2 Å². The minimum Gasteiger partial charge on any atom is -0.496 e. The number of aryl methyl sites for hydroxylation is 1. The summed E-state index contributed by atoms with van der Waals surface area (Å²) < 4.78 is 21.2. The van der Waals surface area contributed by atoms with Crippen LogP contribution in [0.15, 0.2) is 44.4 Å². The third-order valence-electron chi connectivity index (χ3n) is 3.46. The fraction of sp³-hybridized carbons (Fsp3) is 0.235. The Labute approximate surface area is 148 Å². The number of benzene rings is 1. The van der Waals surface area contributed by atoms with Crippen molar-refractivity contribution in [3.8, 4) is 17.2 Å². The monoisotopic (exact) mass is 360 g/mol. The van der Waals surface area contributed by atoms with Crippen LogP contribution in [0.5, 0.6) is 5.75 Å². The molecule has 0 fully saturated rings. The molecule has 0 saturated heterocycles. The molecule has 7 nitrogen and oxygen atoms in total. The zero-order chi connectivity index (χ0) is 17.8. The highest BCUT2D eigenvalue weighted by Gasteiger charge is 2.17. The van der Waals surface area contributed by atoms with Crippen LogP contribution < -0.4 is 4.74 Å². The van der Waals surface area contributed by atoms with Crippen molar-refractivity contribution < 1.29 is 23.1 Å². The lowest BCUT2D eigenvalue weighted by molar-refractivity contribution is 0.0599. The van der Waals surface area contributed by atoms with E-state index in [1.807, 2.05) is 24.3 Å². The second-order valence-corrected chi connectivity index (χ2v) is 5.96. The summed E-state index contributed by atoms with van der Waals surface area (Å²) in [6.45, 7) is 1.72. The largest absolute Gasteiger partial charge is 0.496 e. The second-order valence-electron chi connectivity index (χ2n) is 5.04. The fourth-order valence-corrected chi connectivity index (χ4v) is 2.90. The maximum absolute atomic E-state index is 11.6. The van der Waals surface area contributed by atoms with Crippen LogP contribution in [0.2, 0.25) is 0 Å². The van der Waals surface area contributed by atoms with E-state index in [2.05, 4.69) is 10.2 Å². The van der Waals surface area contributed by atoms with Gasteiger partial charge in [-0.25, -0.2) is 4.79 Å². The maximum Gasteiger partial charge on any atom is 0.341 e. The Bertz CT molecular complexity index is 887. The van der Waals surface area contributed by atoms with E-state index in [0.717, 1.165) is 5.56 Å². The molecule has 25 heavy (non-hydrogen) atoms. The highest BCUT2D eigenvalue weighted by molar-refractivity contribution is 7.98. The summed E-state index contributed by atoms with van der Waals surface area (Å²) in [6.07, 6.45) is 0. The van der Waals surface area contributed by atoms with Crippen LogP contribution in [0.4, 0.5) is 0 Å². The van der Waals surface area contributed by atoms with Gasteiger partial charge in [-0.3, -0.25) is 0 Å². The molecule has 0 aliphatic heterocycles. The molecular weight excluding hydrogens is 344 g/mol. The Morgan fingerprint density at radius 1 is 1.20 bits per heavy atom. The van der Waals surface area contributed by atoms with Gasteiger partial charge < -0.3 is 18.3 Å². The molecule has 0 N–H and O–H groups in total. The Morgan fingerprint density at radius 2 is 2.00 bits per heavy atom. The molecule has 2 heterocycles. The van der Waals surface area contributed by atoms with Crippen LogP contribution in [0.25, 0.3) is 11.5 Å². The summed E-state index contributed by atoms with van der Waals surface area (Å²) >= 11 is 1.32. The average molecular weight is 360 g/mol. The summed E-state index contributed by atoms with van der Waals surface area (Å²) in [5, 5.41) is 8.47. The summed E-state index contributed by atoms with van der Waals surface area (Å²) in [5.41, 5.74) is 1.14. The molecule has 0 spiro atoms. The van der Waals surface area contributed by atoms with Gasteiger partial charge in [-0.15, -0.1) is 10.2 Å². The molecule has 0 unspecified atom stereocenters. The smallest absolute Gasteiger partial charge is 0.341 e. The van der Waals surface area contributed by atoms with E-state index in [4.69, 9.17) is 18.3 Å². The Morgan fingerprint density at radius 3 is 2.76 bits per heavy atom. The number of ether oxygens (including phenoxy) is 2. The first-order valence-electron chi connectivity index (χ1n) is 7.39. The van der Waals surface area contributed by atoms with Gasteiger partial charge in [0.05, 0.1) is 25.5 Å². The van der Waals surface area contributed by atoms with Gasteiger partial charge in [0.1, 0.15) is 22.8 Å². The SMILES string of the molecule is COC(=O)c1cc(CSc2nnc(-c3ccccc3OC)o2)oc1C. The van der Waals surface area contributed by atoms with E-state index in [1.54, 1.807) is 20.1 Å². The van der Waals surface area contributed by atoms with Gasteiger partial charge in [-0.05, 0) is 25.1 Å². The Kier molecular flexibility index (Phi) is 5.08. The van der Waals surface area contributed by atoms with Crippen molar-refractivity contribution in [2.24, 2.45) is 0 Å². The summed E-state index contributed by atoms with van der Waals surface area (Å²) in [7, 11) is 2.92. The number of thioether (sulfide) groups is 1. The Hall–Kier alpha value is -2.74. The first-order valence-corrected chi connectivity index (χ1v) is 8.38. The molecule has 0 saturated carbocycles. The lowest BCUT2D eigenvalue weighted by Crippen LogP contribution is -2.00. The molecule has 130 valence electrons. The van der Waals surface area contributed by atoms with Gasteiger partial charge in [-0.1, -0.05) is 23.9 Å². The topological polar surface area (TPSA) is 87.6 Å². The Balaban J connectivity index is 1.71. The van der Waals surface area contributed by atoms with E-state index in [1.165, 1.54) is 18.9 Å². The van der Waals surface area contributed by atoms with E-state index >= 15 is 0 Å². The minimum atomic E-state index is -0.422. The number of aromatic nitrogens is 2. The lowest BCUT2D eigenvalue weighted by atomic mass is 10.2. The number of para-hydroxylation sites is 1. The van der Waals surface area contributed by atoms with Gasteiger partial charge in [0.25, 0.3) is 11.1 Å². The van der Waals surface area contributed by atoms with Crippen LogP contribution in [0.1, 0.15) is 21.9 Å². The number of hydrogen-bond donors (Lipinski definition) is 0. The summed E-state index contributed by atoms with van der Waals surface area (Å²) in [6, 6.07) is 9.07. The molecule has 8 heteroatoms. The number of carbonyl (C=O) groups excluding carboxylic acids is 1. The average Bonchev–Trinajstić information content (AvgIpc) is 3.25. The van der Waals surface area contributed by atoms with Gasteiger partial charge in [-0.2, -0.15) is 0 Å². The van der Waals surface area contributed by atoms with E-state index in [0.29, 0.717) is 39.7 Å². The number of hydrogen-bond acceptors (Lipinski definition) is 8. The number of esters is 1. The molecule has 2 aromatic heterocycles. The predicted molar refractivity (Wildman–Crippen MR) is 90.6 cm³/mol. The molecule has 3 rings (SSSR count). The quantitative estimate of drug-likeness (QED) is 0.485. The van der Waals surface area contributed by atoms with E-state index in [-0.39, 0.29) is 0 Å². The second kappa shape index (κ2) is 7.43. The first kappa shape index (κ1) is 17.1. The zero-order valence-electron chi connectivity index (χ0n) is 13.9. The van der Waals surface area contributed by atoms with Gasteiger partial charge >= 0.3 is 5.97 Å². The molecule has 1 aromatic carbocycles. The van der Waals surface area contributed by atoms with Gasteiger partial charge in [0.2, 0.25) is 0 Å². The molecule has 0 aliphatic rings. The van der Waals surface area contributed by atoms with Crippen LogP contribution in [0, 0.1) is 6.92 Å². The number of nitrogens with zero attached hydrogens (tertiary/aromatic N) is 2. The van der Waals surface area contributed by atoms with Crippen molar-refractivity contribution in [2.45, 2.75) is 17.9 Å². The van der Waals surface area contributed by atoms with Crippen molar-refractivity contribution >= 4 is 17.7 Å². The van der Waals surface area contributed by atoms with Crippen LogP contribution in [-0.4, -0.2) is 30.4 Å². The minimum absolute atomic E-state index is 0.380. The molecule has 0 aliphatic carbocycles. The van der Waals surface area contributed by atoms with Crippen molar-refractivity contribution in [3.05, 3.63) is 47.4 Å². The number of carbonyl (C=O) groups is 1. The third kappa shape index (κ3) is 3.69. The van der Waals surface area contributed by atoms with Crippen molar-refractivity contribution in [2.75, 3.05) is 14.2 Å². The molecule has 0 amide bonds. The summed E-state index contributed by atoms with van der Waals surface area (Å²) in [4.78, 5) is 11.6. The van der Waals surface area contributed by atoms with Crippen molar-refractivity contribution in [1.29, 1.82) is 0 Å². The van der Waals surface area contributed by atoms with Gasteiger partial charge in [0.15, 0.2) is 0 Å². The number of methoxy groups -OCH3 is 2. The normalized spacial score (nSPS) is 10.7. The molecule has 0 radical (unpaired) electrons. The maximum atomic E-state index is 11.6. The first-order chi connectivity index (χ1) is 12.1. The lowest BCUT2D eigenvalue weighted by Gasteiger charge is -2.03. The van der Waals surface area contributed by atoms with Crippen LogP contribution in [-0.2, 0) is 10.5 Å². The summed E-state index contributed by atoms with van der Waals surface area (Å²) in [5.74, 6) is 2.21. The van der Waals surface area contributed by atoms with Crippen molar-refractivity contribution in [3.63, 3.8) is 0 Å². The van der Waals surface area contributed by atoms with E-state index in [9.17, 15) is 4.79 Å². The molecule has 0 bridgehead atoms. The standard InChI is InChI=1S/C17H16N2O5S/c1-10-13(16(20)22-3)8-11(23-10)9-25-17-19-18-15(24-17)12-6-4-5-7-14(12)21-2/h4-8H,9H2,1-3H3. The molecular formula is C17H16N2O5S. The van der Waals surface area contributed by atoms with Crippen LogP contribution in [0.3, 0.4) is 0 Å². The van der Waals surface area contributed by atoms with Crippen LogP contribution >= 0.6 is 11.8 Å².